The largest absolute Gasteiger partial charge is 0.478 e. The molecule has 0 aliphatic carbocycles. The van der Waals surface area contributed by atoms with E-state index in [0.29, 0.717) is 12.0 Å². The number of carboxylic acid groups (broad SMARTS) is 1. The van der Waals surface area contributed by atoms with Crippen LogP contribution in [0.15, 0.2) is 24.3 Å². The van der Waals surface area contributed by atoms with Crippen molar-refractivity contribution in [1.82, 2.24) is 5.32 Å². The topological polar surface area (TPSA) is 75.6 Å². The molecule has 2 unspecified atom stereocenters. The molecule has 120 valence electrons. The molecule has 1 aromatic rings. The van der Waals surface area contributed by atoms with Gasteiger partial charge < -0.3 is 15.2 Å². The van der Waals surface area contributed by atoms with Crippen LogP contribution in [0.1, 0.15) is 48.5 Å². The SMILES string of the molecule is CCC(NC(=O)CCc1ccccc1C(=O)O)C1CCCO1. The van der Waals surface area contributed by atoms with E-state index in [-0.39, 0.29) is 30.0 Å². The first-order chi connectivity index (χ1) is 10.6. The first-order valence-corrected chi connectivity index (χ1v) is 7.84. The molecule has 2 rings (SSSR count). The molecule has 22 heavy (non-hydrogen) atoms. The summed E-state index contributed by atoms with van der Waals surface area (Å²) in [5, 5.41) is 12.2. The molecule has 1 saturated heterocycles. The Hall–Kier alpha value is -1.88. The Kier molecular flexibility index (Phi) is 5.95. The number of carbonyl (C=O) groups excluding carboxylic acids is 1. The lowest BCUT2D eigenvalue weighted by Gasteiger charge is -2.22. The van der Waals surface area contributed by atoms with Gasteiger partial charge in [-0.2, -0.15) is 0 Å². The third-order valence-corrected chi connectivity index (χ3v) is 4.07. The third-order valence-electron chi connectivity index (χ3n) is 4.07. The summed E-state index contributed by atoms with van der Waals surface area (Å²) in [5.74, 6) is -1.01. The third kappa shape index (κ3) is 4.31. The van der Waals surface area contributed by atoms with Gasteiger partial charge in [-0.15, -0.1) is 0 Å². The molecule has 5 heteroatoms. The van der Waals surface area contributed by atoms with Crippen molar-refractivity contribution in [3.8, 4) is 0 Å². The van der Waals surface area contributed by atoms with E-state index < -0.39 is 5.97 Å². The molecule has 2 atom stereocenters. The lowest BCUT2D eigenvalue weighted by molar-refractivity contribution is -0.122. The first kappa shape index (κ1) is 16.5. The monoisotopic (exact) mass is 305 g/mol. The number of benzene rings is 1. The van der Waals surface area contributed by atoms with E-state index in [2.05, 4.69) is 5.32 Å². The Morgan fingerprint density at radius 2 is 2.18 bits per heavy atom. The van der Waals surface area contributed by atoms with Gasteiger partial charge in [-0.25, -0.2) is 4.79 Å². The summed E-state index contributed by atoms with van der Waals surface area (Å²) in [5.41, 5.74) is 0.955. The highest BCUT2D eigenvalue weighted by Gasteiger charge is 2.25. The summed E-state index contributed by atoms with van der Waals surface area (Å²) in [4.78, 5) is 23.3. The number of ether oxygens (including phenoxy) is 1. The van der Waals surface area contributed by atoms with Crippen molar-refractivity contribution in [3.63, 3.8) is 0 Å². The van der Waals surface area contributed by atoms with E-state index in [1.165, 1.54) is 0 Å². The molecule has 0 saturated carbocycles. The number of hydrogen-bond donors (Lipinski definition) is 2. The van der Waals surface area contributed by atoms with Gasteiger partial charge in [-0.1, -0.05) is 25.1 Å². The number of carbonyl (C=O) groups is 2. The number of amides is 1. The van der Waals surface area contributed by atoms with Crippen molar-refractivity contribution in [3.05, 3.63) is 35.4 Å². The van der Waals surface area contributed by atoms with E-state index in [9.17, 15) is 9.59 Å². The minimum absolute atomic E-state index is 0.0460. The zero-order chi connectivity index (χ0) is 15.9. The van der Waals surface area contributed by atoms with Crippen molar-refractivity contribution in [2.24, 2.45) is 0 Å². The molecule has 2 N–H and O–H groups in total. The lowest BCUT2D eigenvalue weighted by atomic mass is 10.0. The Labute approximate surface area is 130 Å². The zero-order valence-electron chi connectivity index (χ0n) is 12.9. The standard InChI is InChI=1S/C17H23NO4/c1-2-14(15-8-5-11-22-15)18-16(19)10-9-12-6-3-4-7-13(12)17(20)21/h3-4,6-7,14-15H,2,5,8-11H2,1H3,(H,18,19)(H,20,21). The average Bonchev–Trinajstić information content (AvgIpc) is 3.05. The van der Waals surface area contributed by atoms with Crippen LogP contribution in [0.4, 0.5) is 0 Å². The van der Waals surface area contributed by atoms with Gasteiger partial charge in [0.25, 0.3) is 0 Å². The van der Waals surface area contributed by atoms with Crippen LogP contribution < -0.4 is 5.32 Å². The quantitative estimate of drug-likeness (QED) is 0.811. The van der Waals surface area contributed by atoms with Crippen LogP contribution >= 0.6 is 0 Å². The van der Waals surface area contributed by atoms with Crippen LogP contribution in [-0.4, -0.2) is 35.7 Å². The van der Waals surface area contributed by atoms with Gasteiger partial charge in [0, 0.05) is 13.0 Å². The van der Waals surface area contributed by atoms with E-state index in [0.717, 1.165) is 25.9 Å². The van der Waals surface area contributed by atoms with Crippen LogP contribution in [0, 0.1) is 0 Å². The molecular weight excluding hydrogens is 282 g/mol. The molecule has 0 spiro atoms. The van der Waals surface area contributed by atoms with Crippen LogP contribution in [0.25, 0.3) is 0 Å². The van der Waals surface area contributed by atoms with Gasteiger partial charge in [0.05, 0.1) is 17.7 Å². The fourth-order valence-corrected chi connectivity index (χ4v) is 2.85. The summed E-state index contributed by atoms with van der Waals surface area (Å²) in [7, 11) is 0. The summed E-state index contributed by atoms with van der Waals surface area (Å²) in [6.07, 6.45) is 3.69. The van der Waals surface area contributed by atoms with E-state index in [4.69, 9.17) is 9.84 Å². The maximum Gasteiger partial charge on any atom is 0.335 e. The first-order valence-electron chi connectivity index (χ1n) is 7.84. The van der Waals surface area contributed by atoms with Gasteiger partial charge >= 0.3 is 5.97 Å². The molecule has 0 bridgehead atoms. The second-order valence-corrected chi connectivity index (χ2v) is 5.60. The van der Waals surface area contributed by atoms with Crippen LogP contribution in [0.5, 0.6) is 0 Å². The molecule has 0 radical (unpaired) electrons. The Morgan fingerprint density at radius 3 is 2.82 bits per heavy atom. The lowest BCUT2D eigenvalue weighted by Crippen LogP contribution is -2.42. The second kappa shape index (κ2) is 7.94. The van der Waals surface area contributed by atoms with Gasteiger partial charge in [-0.3, -0.25) is 4.79 Å². The number of hydrogen-bond acceptors (Lipinski definition) is 3. The highest BCUT2D eigenvalue weighted by Crippen LogP contribution is 2.18. The summed E-state index contributed by atoms with van der Waals surface area (Å²) in [6, 6.07) is 6.85. The molecular formula is C17H23NO4. The van der Waals surface area contributed by atoms with Gasteiger partial charge in [0.1, 0.15) is 0 Å². The summed E-state index contributed by atoms with van der Waals surface area (Å²) in [6.45, 7) is 2.80. The van der Waals surface area contributed by atoms with E-state index >= 15 is 0 Å². The van der Waals surface area contributed by atoms with Crippen molar-refractivity contribution in [2.75, 3.05) is 6.61 Å². The average molecular weight is 305 g/mol. The Bertz CT molecular complexity index is 523. The number of aryl methyl sites for hydroxylation is 1. The number of nitrogens with one attached hydrogen (secondary N) is 1. The minimum atomic E-state index is -0.957. The van der Waals surface area contributed by atoms with Gasteiger partial charge in [0.2, 0.25) is 5.91 Å². The van der Waals surface area contributed by atoms with E-state index in [1.54, 1.807) is 24.3 Å². The highest BCUT2D eigenvalue weighted by molar-refractivity contribution is 5.89. The Balaban J connectivity index is 1.88. The predicted octanol–water partition coefficient (Wildman–Crippen LogP) is 2.39. The van der Waals surface area contributed by atoms with Crippen molar-refractivity contribution in [1.29, 1.82) is 0 Å². The van der Waals surface area contributed by atoms with E-state index in [1.807, 2.05) is 6.92 Å². The number of carboxylic acids is 1. The smallest absolute Gasteiger partial charge is 0.335 e. The molecule has 1 aliphatic heterocycles. The molecule has 0 aromatic heterocycles. The predicted molar refractivity (Wildman–Crippen MR) is 82.9 cm³/mol. The molecule has 1 heterocycles. The van der Waals surface area contributed by atoms with Crippen LogP contribution in [0.3, 0.4) is 0 Å². The molecule has 1 fully saturated rings. The normalized spacial score (nSPS) is 18.9. The van der Waals surface area contributed by atoms with Crippen LogP contribution in [0.2, 0.25) is 0 Å². The molecule has 1 amide bonds. The summed E-state index contributed by atoms with van der Waals surface area (Å²) >= 11 is 0. The van der Waals surface area contributed by atoms with Crippen LogP contribution in [-0.2, 0) is 16.0 Å². The fourth-order valence-electron chi connectivity index (χ4n) is 2.85. The summed E-state index contributed by atoms with van der Waals surface area (Å²) < 4.78 is 5.63. The second-order valence-electron chi connectivity index (χ2n) is 5.60. The maximum absolute atomic E-state index is 12.1. The maximum atomic E-state index is 12.1. The number of rotatable bonds is 7. The van der Waals surface area contributed by atoms with Crippen molar-refractivity contribution >= 4 is 11.9 Å². The van der Waals surface area contributed by atoms with Gasteiger partial charge in [0.15, 0.2) is 0 Å². The molecule has 1 aliphatic rings. The van der Waals surface area contributed by atoms with Gasteiger partial charge in [-0.05, 0) is 37.3 Å². The highest BCUT2D eigenvalue weighted by atomic mass is 16.5. The minimum Gasteiger partial charge on any atom is -0.478 e. The van der Waals surface area contributed by atoms with Crippen molar-refractivity contribution < 1.29 is 19.4 Å². The fraction of sp³-hybridized carbons (Fsp3) is 0.529. The molecule has 5 nitrogen and oxygen atoms in total. The number of aromatic carboxylic acids is 1. The Morgan fingerprint density at radius 1 is 1.41 bits per heavy atom. The zero-order valence-corrected chi connectivity index (χ0v) is 12.9. The molecule has 1 aromatic carbocycles. The van der Waals surface area contributed by atoms with Crippen molar-refractivity contribution in [2.45, 2.75) is 51.2 Å².